The Morgan fingerprint density at radius 1 is 0.977 bits per heavy atom. The van der Waals surface area contributed by atoms with Gasteiger partial charge >= 0.3 is 0 Å². The maximum Gasteiger partial charge on any atom is 0.268 e. The van der Waals surface area contributed by atoms with Gasteiger partial charge in [0, 0.05) is 37.0 Å². The Morgan fingerprint density at radius 2 is 1.67 bits per heavy atom. The number of aliphatic hydroxyl groups excluding tert-OH is 2. The molecule has 0 radical (unpaired) electrons. The van der Waals surface area contributed by atoms with Crippen molar-refractivity contribution in [1.82, 2.24) is 10.0 Å². The van der Waals surface area contributed by atoms with E-state index in [0.29, 0.717) is 37.0 Å². The molecule has 3 rings (SSSR count). The molecule has 0 aliphatic carbocycles. The van der Waals surface area contributed by atoms with Crippen LogP contribution in [0.15, 0.2) is 66.7 Å². The lowest BCUT2D eigenvalue weighted by Gasteiger charge is -2.15. The zero-order chi connectivity index (χ0) is 29.8. The maximum atomic E-state index is 12.8. The molecule has 0 fully saturated rings. The summed E-state index contributed by atoms with van der Waals surface area (Å²) in [7, 11) is -3.88. The molecule has 0 spiro atoms. The second-order valence-electron chi connectivity index (χ2n) is 10.0. The van der Waals surface area contributed by atoms with Crippen LogP contribution < -0.4 is 20.1 Å². The number of aliphatic hydroxyl groups is 2. The van der Waals surface area contributed by atoms with Crippen molar-refractivity contribution in [3.05, 3.63) is 82.9 Å². The third kappa shape index (κ3) is 12.9. The number of halogens is 3. The van der Waals surface area contributed by atoms with Crippen molar-refractivity contribution < 1.29 is 28.2 Å². The van der Waals surface area contributed by atoms with Crippen LogP contribution in [0.4, 0.5) is 5.69 Å². The monoisotopic (exact) mass is 675 g/mol. The van der Waals surface area contributed by atoms with Crippen molar-refractivity contribution in [2.24, 2.45) is 5.92 Å². The van der Waals surface area contributed by atoms with E-state index in [2.05, 4.69) is 15.4 Å². The molecule has 238 valence electrons. The Labute approximate surface area is 271 Å². The summed E-state index contributed by atoms with van der Waals surface area (Å²) < 4.78 is 32.3. The third-order valence-electron chi connectivity index (χ3n) is 6.04. The van der Waals surface area contributed by atoms with E-state index in [1.54, 1.807) is 30.3 Å². The van der Waals surface area contributed by atoms with Crippen LogP contribution in [-0.4, -0.2) is 63.1 Å². The van der Waals surface area contributed by atoms with E-state index in [1.165, 1.54) is 0 Å². The van der Waals surface area contributed by atoms with Crippen LogP contribution in [0.1, 0.15) is 42.3 Å². The summed E-state index contributed by atoms with van der Waals surface area (Å²) in [5, 5.41) is 26.4. The highest BCUT2D eigenvalue weighted by Crippen LogP contribution is 2.29. The van der Waals surface area contributed by atoms with Crippen LogP contribution in [0.5, 0.6) is 5.75 Å². The summed E-state index contributed by atoms with van der Waals surface area (Å²) in [6.45, 7) is 5.73. The van der Waals surface area contributed by atoms with Gasteiger partial charge in [-0.3, -0.25) is 4.79 Å². The Bertz CT molecular complexity index is 1390. The SMILES string of the molecule is CC(C)COc1cc(-c2ccc(NCCNC[C@@H](O)c3cccc(Cl)c3)cc2)ccc1C(=O)NS(=O)(=O)CCCO.Cl.Cl. The molecule has 0 heterocycles. The predicted molar refractivity (Wildman–Crippen MR) is 177 cm³/mol. The Balaban J connectivity index is 0.00000462. The fraction of sp³-hybridized carbons (Fsp3) is 0.367. The van der Waals surface area contributed by atoms with Crippen molar-refractivity contribution in [2.75, 3.05) is 43.9 Å². The second-order valence-corrected chi connectivity index (χ2v) is 12.3. The van der Waals surface area contributed by atoms with Crippen molar-refractivity contribution in [3.63, 3.8) is 0 Å². The molecular formula is C30H40Cl3N3O6S. The van der Waals surface area contributed by atoms with Gasteiger partial charge in [0.05, 0.1) is 24.0 Å². The number of carbonyl (C=O) groups is 1. The van der Waals surface area contributed by atoms with Gasteiger partial charge in [0.2, 0.25) is 10.0 Å². The normalized spacial score (nSPS) is 11.7. The summed E-state index contributed by atoms with van der Waals surface area (Å²) >= 11 is 5.99. The lowest BCUT2D eigenvalue weighted by Crippen LogP contribution is -2.33. The molecule has 3 aromatic rings. The highest BCUT2D eigenvalue weighted by molar-refractivity contribution is 7.90. The van der Waals surface area contributed by atoms with Gasteiger partial charge in [-0.15, -0.1) is 24.8 Å². The number of nitrogens with one attached hydrogen (secondary N) is 3. The summed E-state index contributed by atoms with van der Waals surface area (Å²) in [5.41, 5.74) is 3.52. The first-order valence-corrected chi connectivity index (χ1v) is 15.5. The van der Waals surface area contributed by atoms with Crippen LogP contribution in [-0.2, 0) is 10.0 Å². The molecule has 3 aromatic carbocycles. The van der Waals surface area contributed by atoms with Crippen molar-refractivity contribution >= 4 is 58.0 Å². The number of hydrogen-bond acceptors (Lipinski definition) is 8. The second kappa shape index (κ2) is 19.0. The van der Waals surface area contributed by atoms with Gasteiger partial charge in [-0.2, -0.15) is 0 Å². The molecule has 1 amide bonds. The molecule has 0 bridgehead atoms. The van der Waals surface area contributed by atoms with Gasteiger partial charge < -0.3 is 25.6 Å². The summed E-state index contributed by atoms with van der Waals surface area (Å²) in [4.78, 5) is 12.8. The Morgan fingerprint density at radius 3 is 2.33 bits per heavy atom. The van der Waals surface area contributed by atoms with Crippen molar-refractivity contribution in [1.29, 1.82) is 0 Å². The van der Waals surface area contributed by atoms with E-state index in [4.69, 9.17) is 21.4 Å². The van der Waals surface area contributed by atoms with Gasteiger partial charge in [-0.25, -0.2) is 13.1 Å². The summed E-state index contributed by atoms with van der Waals surface area (Å²) in [6, 6.07) is 20.0. The fourth-order valence-corrected chi connectivity index (χ4v) is 5.12. The van der Waals surface area contributed by atoms with Gasteiger partial charge in [0.15, 0.2) is 0 Å². The van der Waals surface area contributed by atoms with Crippen molar-refractivity contribution in [2.45, 2.75) is 26.4 Å². The smallest absolute Gasteiger partial charge is 0.268 e. The topological polar surface area (TPSA) is 137 Å². The first-order chi connectivity index (χ1) is 19.6. The fourth-order valence-electron chi connectivity index (χ4n) is 3.91. The van der Waals surface area contributed by atoms with E-state index in [1.807, 2.05) is 50.2 Å². The number of rotatable bonds is 16. The standard InChI is InChI=1S/C30H38ClN3O6S.2ClH/c1-21(2)20-40-29-18-23(9-12-27(29)30(37)34-41(38,39)16-4-15-35)22-7-10-26(11-8-22)33-14-13-32-19-28(36)24-5-3-6-25(31)17-24;;/h3,5-12,17-18,21,28,32-33,35-36H,4,13-16,19-20H2,1-2H3,(H,34,37);2*1H/t28-;;/m1../s1. The number of benzene rings is 3. The lowest BCUT2D eigenvalue weighted by molar-refractivity contribution is 0.0976. The number of ether oxygens (including phenoxy) is 1. The maximum absolute atomic E-state index is 12.8. The average molecular weight is 677 g/mol. The molecule has 0 saturated carbocycles. The number of anilines is 1. The zero-order valence-electron chi connectivity index (χ0n) is 24.1. The van der Waals surface area contributed by atoms with Crippen LogP contribution in [0, 0.1) is 5.92 Å². The van der Waals surface area contributed by atoms with E-state index in [0.717, 1.165) is 22.4 Å². The van der Waals surface area contributed by atoms with Gasteiger partial charge in [0.25, 0.3) is 5.91 Å². The van der Waals surface area contributed by atoms with Crippen LogP contribution in [0.2, 0.25) is 5.02 Å². The lowest BCUT2D eigenvalue weighted by atomic mass is 10.0. The molecule has 0 aliphatic heterocycles. The third-order valence-corrected chi connectivity index (χ3v) is 7.60. The molecule has 0 unspecified atom stereocenters. The number of sulfonamides is 1. The van der Waals surface area contributed by atoms with E-state index in [-0.39, 0.29) is 55.1 Å². The highest BCUT2D eigenvalue weighted by Gasteiger charge is 2.20. The minimum atomic E-state index is -3.88. The first-order valence-electron chi connectivity index (χ1n) is 13.5. The predicted octanol–water partition coefficient (Wildman–Crippen LogP) is 5.06. The van der Waals surface area contributed by atoms with Gasteiger partial charge in [-0.05, 0) is 65.4 Å². The molecule has 5 N–H and O–H groups in total. The number of amides is 1. The number of carbonyl (C=O) groups excluding carboxylic acids is 1. The van der Waals surface area contributed by atoms with Crippen LogP contribution in [0.3, 0.4) is 0 Å². The Kier molecular flexibility index (Phi) is 16.9. The molecule has 0 aliphatic rings. The zero-order valence-corrected chi connectivity index (χ0v) is 27.3. The Hall–Kier alpha value is -2.57. The minimum absolute atomic E-state index is 0. The molecule has 1 atom stereocenters. The molecule has 43 heavy (non-hydrogen) atoms. The molecule has 0 aromatic heterocycles. The first kappa shape index (κ1) is 38.5. The highest BCUT2D eigenvalue weighted by atomic mass is 35.5. The molecular weight excluding hydrogens is 637 g/mol. The molecule has 0 saturated heterocycles. The van der Waals surface area contributed by atoms with E-state index >= 15 is 0 Å². The van der Waals surface area contributed by atoms with Crippen molar-refractivity contribution in [3.8, 4) is 16.9 Å². The summed E-state index contributed by atoms with van der Waals surface area (Å²) in [5.74, 6) is -0.639. The molecule has 9 nitrogen and oxygen atoms in total. The quantitative estimate of drug-likeness (QED) is 0.133. The largest absolute Gasteiger partial charge is 0.492 e. The van der Waals surface area contributed by atoms with Crippen LogP contribution in [0.25, 0.3) is 11.1 Å². The van der Waals surface area contributed by atoms with Crippen LogP contribution >= 0.6 is 36.4 Å². The minimum Gasteiger partial charge on any atom is -0.492 e. The summed E-state index contributed by atoms with van der Waals surface area (Å²) in [6.07, 6.45) is -0.609. The van der Waals surface area contributed by atoms with E-state index in [9.17, 15) is 18.3 Å². The van der Waals surface area contributed by atoms with E-state index < -0.39 is 22.0 Å². The van der Waals surface area contributed by atoms with Gasteiger partial charge in [-0.1, -0.05) is 55.8 Å². The average Bonchev–Trinajstić information content (AvgIpc) is 2.94. The van der Waals surface area contributed by atoms with Gasteiger partial charge in [0.1, 0.15) is 5.75 Å². The molecule has 13 heteroatoms. The number of hydrogen-bond donors (Lipinski definition) is 5.